The van der Waals surface area contributed by atoms with Gasteiger partial charge in [-0.2, -0.15) is 0 Å². The zero-order valence-corrected chi connectivity index (χ0v) is 19.6. The van der Waals surface area contributed by atoms with Crippen LogP contribution in [0.1, 0.15) is 76.5 Å². The molecule has 1 aliphatic heterocycles. The molecule has 0 bridgehead atoms. The van der Waals surface area contributed by atoms with Gasteiger partial charge >= 0.3 is 5.97 Å². The van der Waals surface area contributed by atoms with Gasteiger partial charge in [-0.3, -0.25) is 4.79 Å². The van der Waals surface area contributed by atoms with Gasteiger partial charge in [-0.25, -0.2) is 9.78 Å². The Morgan fingerprint density at radius 2 is 2.06 bits per heavy atom. The van der Waals surface area contributed by atoms with Gasteiger partial charge in [-0.1, -0.05) is 32.8 Å². The van der Waals surface area contributed by atoms with E-state index in [1.54, 1.807) is 0 Å². The quantitative estimate of drug-likeness (QED) is 0.425. The lowest BCUT2D eigenvalue weighted by atomic mass is 9.79. The van der Waals surface area contributed by atoms with E-state index in [2.05, 4.69) is 36.6 Å². The number of aryl methyl sites for hydroxylation is 2. The molecular formula is C25H39N3O4. The van der Waals surface area contributed by atoms with E-state index in [0.717, 1.165) is 63.0 Å². The fourth-order valence-electron chi connectivity index (χ4n) is 4.61. The van der Waals surface area contributed by atoms with E-state index in [0.29, 0.717) is 31.3 Å². The molecule has 0 unspecified atom stereocenters. The van der Waals surface area contributed by atoms with Crippen LogP contribution in [0, 0.1) is 11.8 Å². The number of nitrogens with zero attached hydrogens (tertiary/aromatic N) is 1. The standard InChI is InChI=1S/C25H39N3O4/c1-3-17(4-2)16-23(29)28-22(25(30)31)11-13-32-21-14-18(15-21)7-9-20-10-8-19-6-5-12-26-24(19)27-20/h8,10,17-18,21-22H,3-7,9,11-16H2,1-2H3,(H,26,27)(H,28,29)(H,30,31)/t18-,21-,22-/m0/s1. The fourth-order valence-corrected chi connectivity index (χ4v) is 4.61. The normalized spacial score (nSPS) is 20.7. The highest BCUT2D eigenvalue weighted by atomic mass is 16.5. The Kier molecular flexibility index (Phi) is 9.33. The number of carboxylic acids is 1. The Hall–Kier alpha value is -2.15. The molecule has 178 valence electrons. The third kappa shape index (κ3) is 7.19. The number of carboxylic acid groups (broad SMARTS) is 1. The number of aliphatic carboxylic acids is 1. The highest BCUT2D eigenvalue weighted by Gasteiger charge is 2.30. The van der Waals surface area contributed by atoms with E-state index in [4.69, 9.17) is 9.72 Å². The van der Waals surface area contributed by atoms with Gasteiger partial charge in [0.2, 0.25) is 5.91 Å². The van der Waals surface area contributed by atoms with Crippen LogP contribution >= 0.6 is 0 Å². The maximum atomic E-state index is 12.1. The number of aromatic nitrogens is 1. The lowest BCUT2D eigenvalue weighted by Gasteiger charge is -2.35. The summed E-state index contributed by atoms with van der Waals surface area (Å²) in [5.41, 5.74) is 2.47. The molecule has 7 nitrogen and oxygen atoms in total. The van der Waals surface area contributed by atoms with Crippen LogP contribution in [0.3, 0.4) is 0 Å². The zero-order valence-electron chi connectivity index (χ0n) is 19.6. The minimum Gasteiger partial charge on any atom is -0.480 e. The first-order valence-corrected chi connectivity index (χ1v) is 12.3. The molecule has 1 amide bonds. The van der Waals surface area contributed by atoms with E-state index in [9.17, 15) is 14.7 Å². The van der Waals surface area contributed by atoms with Crippen molar-refractivity contribution in [3.05, 3.63) is 23.4 Å². The molecule has 3 N–H and O–H groups in total. The minimum absolute atomic E-state index is 0.180. The molecule has 1 aromatic heterocycles. The predicted octanol–water partition coefficient (Wildman–Crippen LogP) is 3.95. The number of carbonyl (C=O) groups excluding carboxylic acids is 1. The number of carbonyl (C=O) groups is 2. The average Bonchev–Trinajstić information content (AvgIpc) is 2.77. The van der Waals surface area contributed by atoms with E-state index < -0.39 is 12.0 Å². The molecule has 0 radical (unpaired) electrons. The summed E-state index contributed by atoms with van der Waals surface area (Å²) >= 11 is 0. The average molecular weight is 446 g/mol. The van der Waals surface area contributed by atoms with Gasteiger partial charge in [0, 0.05) is 31.7 Å². The maximum absolute atomic E-state index is 12.1. The van der Waals surface area contributed by atoms with Crippen LogP contribution in [-0.2, 0) is 27.2 Å². The number of fused-ring (bicyclic) bond motifs is 1. The second kappa shape index (κ2) is 12.2. The number of rotatable bonds is 13. The molecule has 2 heterocycles. The van der Waals surface area contributed by atoms with Crippen LogP contribution in [0.15, 0.2) is 12.1 Å². The molecule has 1 atom stereocenters. The fraction of sp³-hybridized carbons (Fsp3) is 0.720. The SMILES string of the molecule is CCC(CC)CC(=O)N[C@@H](CCO[C@H]1C[C@H](CCc2ccc3c(n2)NCCC3)C1)C(=O)O. The van der Waals surface area contributed by atoms with Crippen LogP contribution in [0.4, 0.5) is 5.82 Å². The van der Waals surface area contributed by atoms with Gasteiger partial charge < -0.3 is 20.5 Å². The van der Waals surface area contributed by atoms with Crippen molar-refractivity contribution in [3.63, 3.8) is 0 Å². The van der Waals surface area contributed by atoms with Gasteiger partial charge in [-0.15, -0.1) is 0 Å². The monoisotopic (exact) mass is 445 g/mol. The Balaban J connectivity index is 1.31. The lowest BCUT2D eigenvalue weighted by molar-refractivity contribution is -0.143. The molecule has 0 aromatic carbocycles. The van der Waals surface area contributed by atoms with Crippen molar-refractivity contribution in [2.75, 3.05) is 18.5 Å². The molecule has 32 heavy (non-hydrogen) atoms. The second-order valence-corrected chi connectivity index (χ2v) is 9.34. The Labute approximate surface area is 191 Å². The van der Waals surface area contributed by atoms with Crippen molar-refractivity contribution < 1.29 is 19.4 Å². The van der Waals surface area contributed by atoms with Crippen LogP contribution in [0.2, 0.25) is 0 Å². The first-order chi connectivity index (χ1) is 15.5. The first-order valence-electron chi connectivity index (χ1n) is 12.3. The van der Waals surface area contributed by atoms with E-state index in [1.807, 2.05) is 0 Å². The van der Waals surface area contributed by atoms with Crippen molar-refractivity contribution in [1.29, 1.82) is 0 Å². The van der Waals surface area contributed by atoms with Crippen molar-refractivity contribution in [1.82, 2.24) is 10.3 Å². The molecule has 1 saturated carbocycles. The number of ether oxygens (including phenoxy) is 1. The smallest absolute Gasteiger partial charge is 0.326 e. The van der Waals surface area contributed by atoms with Crippen LogP contribution in [0.25, 0.3) is 0 Å². The second-order valence-electron chi connectivity index (χ2n) is 9.34. The van der Waals surface area contributed by atoms with E-state index >= 15 is 0 Å². The maximum Gasteiger partial charge on any atom is 0.326 e. The molecule has 1 aromatic rings. The Morgan fingerprint density at radius 1 is 1.28 bits per heavy atom. The number of hydrogen-bond acceptors (Lipinski definition) is 5. The number of pyridine rings is 1. The molecule has 2 aliphatic rings. The summed E-state index contributed by atoms with van der Waals surface area (Å²) in [7, 11) is 0. The van der Waals surface area contributed by atoms with Gasteiger partial charge in [0.15, 0.2) is 0 Å². The van der Waals surface area contributed by atoms with Crippen molar-refractivity contribution in [2.45, 2.75) is 90.2 Å². The number of anilines is 1. The van der Waals surface area contributed by atoms with Crippen molar-refractivity contribution in [3.8, 4) is 0 Å². The summed E-state index contributed by atoms with van der Waals surface area (Å²) in [5, 5.41) is 15.5. The lowest BCUT2D eigenvalue weighted by Crippen LogP contribution is -2.42. The third-order valence-corrected chi connectivity index (χ3v) is 6.98. The Bertz CT molecular complexity index is 760. The highest BCUT2D eigenvalue weighted by Crippen LogP contribution is 2.34. The largest absolute Gasteiger partial charge is 0.480 e. The Morgan fingerprint density at radius 3 is 2.78 bits per heavy atom. The van der Waals surface area contributed by atoms with E-state index in [1.165, 1.54) is 12.0 Å². The predicted molar refractivity (Wildman–Crippen MR) is 125 cm³/mol. The molecule has 0 spiro atoms. The number of nitrogens with one attached hydrogen (secondary N) is 2. The number of amides is 1. The summed E-state index contributed by atoms with van der Waals surface area (Å²) in [6, 6.07) is 3.48. The molecule has 7 heteroatoms. The molecule has 1 aliphatic carbocycles. The summed E-state index contributed by atoms with van der Waals surface area (Å²) in [4.78, 5) is 28.4. The van der Waals surface area contributed by atoms with E-state index in [-0.39, 0.29) is 12.0 Å². The van der Waals surface area contributed by atoms with Crippen LogP contribution in [0.5, 0.6) is 0 Å². The minimum atomic E-state index is -0.995. The molecule has 3 rings (SSSR count). The third-order valence-electron chi connectivity index (χ3n) is 6.98. The van der Waals surface area contributed by atoms with Crippen molar-refractivity contribution in [2.24, 2.45) is 11.8 Å². The van der Waals surface area contributed by atoms with Crippen LogP contribution < -0.4 is 10.6 Å². The molecule has 0 saturated heterocycles. The highest BCUT2D eigenvalue weighted by molar-refractivity contribution is 5.83. The number of hydrogen-bond donors (Lipinski definition) is 3. The van der Waals surface area contributed by atoms with Gasteiger partial charge in [0.25, 0.3) is 0 Å². The summed E-state index contributed by atoms with van der Waals surface area (Å²) in [5.74, 6) is 0.829. The van der Waals surface area contributed by atoms with Gasteiger partial charge in [0.1, 0.15) is 11.9 Å². The van der Waals surface area contributed by atoms with Crippen LogP contribution in [-0.4, -0.2) is 47.3 Å². The molecule has 1 fully saturated rings. The first kappa shape index (κ1) is 24.5. The van der Waals surface area contributed by atoms with Gasteiger partial charge in [-0.05, 0) is 62.0 Å². The summed E-state index contributed by atoms with van der Waals surface area (Å²) in [6.45, 7) is 5.47. The zero-order chi connectivity index (χ0) is 22.9. The summed E-state index contributed by atoms with van der Waals surface area (Å²) < 4.78 is 5.88. The topological polar surface area (TPSA) is 101 Å². The summed E-state index contributed by atoms with van der Waals surface area (Å²) in [6.07, 6.45) is 9.15. The molecular weight excluding hydrogens is 406 g/mol. The van der Waals surface area contributed by atoms with Crippen molar-refractivity contribution >= 4 is 17.7 Å². The van der Waals surface area contributed by atoms with Gasteiger partial charge in [0.05, 0.1) is 6.10 Å².